The monoisotopic (exact) mass is 418 g/mol. The average molecular weight is 419 g/mol. The van der Waals surface area contributed by atoms with Crippen LogP contribution in [0.5, 0.6) is 0 Å². The van der Waals surface area contributed by atoms with Crippen LogP contribution in [0.4, 0.5) is 4.39 Å². The maximum atomic E-state index is 13.0. The second-order valence-corrected chi connectivity index (χ2v) is 8.40. The van der Waals surface area contributed by atoms with Crippen molar-refractivity contribution in [1.29, 1.82) is 0 Å². The molecule has 0 bridgehead atoms. The smallest absolute Gasteiger partial charge is 0.309 e. The molecule has 2 fully saturated rings. The summed E-state index contributed by atoms with van der Waals surface area (Å²) in [5.74, 6) is -0.992. The molecule has 0 spiro atoms. The van der Waals surface area contributed by atoms with E-state index in [1.807, 2.05) is 0 Å². The molecule has 1 saturated carbocycles. The van der Waals surface area contributed by atoms with E-state index < -0.39 is 6.10 Å². The van der Waals surface area contributed by atoms with Gasteiger partial charge in [-0.05, 0) is 62.8 Å². The van der Waals surface area contributed by atoms with Crippen molar-refractivity contribution in [1.82, 2.24) is 10.2 Å². The zero-order valence-electron chi connectivity index (χ0n) is 17.6. The van der Waals surface area contributed by atoms with Gasteiger partial charge in [-0.15, -0.1) is 0 Å². The zero-order valence-corrected chi connectivity index (χ0v) is 17.6. The summed E-state index contributed by atoms with van der Waals surface area (Å²) in [6, 6.07) is 5.45. The molecule has 2 aliphatic rings. The SMILES string of the molecule is C[C@@H](OC(=O)C1CCN(C(=O)c2ccc(F)cc2)CC1)C(=O)NCC1CCCCC1. The normalized spacial score (nSPS) is 19.2. The van der Waals surface area contributed by atoms with Crippen molar-refractivity contribution in [2.75, 3.05) is 19.6 Å². The minimum atomic E-state index is -0.819. The highest BCUT2D eigenvalue weighted by molar-refractivity contribution is 5.94. The quantitative estimate of drug-likeness (QED) is 0.719. The van der Waals surface area contributed by atoms with Gasteiger partial charge in [-0.3, -0.25) is 14.4 Å². The molecule has 0 aromatic heterocycles. The molecule has 30 heavy (non-hydrogen) atoms. The minimum Gasteiger partial charge on any atom is -0.452 e. The van der Waals surface area contributed by atoms with E-state index in [2.05, 4.69) is 5.32 Å². The highest BCUT2D eigenvalue weighted by atomic mass is 19.1. The number of carbonyl (C=O) groups is 3. The van der Waals surface area contributed by atoms with Crippen molar-refractivity contribution in [3.05, 3.63) is 35.6 Å². The van der Waals surface area contributed by atoms with Crippen LogP contribution in [-0.2, 0) is 14.3 Å². The first-order valence-electron chi connectivity index (χ1n) is 11.0. The van der Waals surface area contributed by atoms with Crippen LogP contribution in [0.1, 0.15) is 62.2 Å². The number of benzene rings is 1. The standard InChI is InChI=1S/C23H31FN2O4/c1-16(21(27)25-15-17-5-3-2-4-6-17)30-23(29)19-11-13-26(14-12-19)22(28)18-7-9-20(24)10-8-18/h7-10,16-17,19H,2-6,11-15H2,1H3,(H,25,27)/t16-/m1/s1. The Bertz CT molecular complexity index is 738. The van der Waals surface area contributed by atoms with Gasteiger partial charge in [0.15, 0.2) is 6.10 Å². The van der Waals surface area contributed by atoms with Crippen LogP contribution in [0.15, 0.2) is 24.3 Å². The lowest BCUT2D eigenvalue weighted by atomic mass is 9.89. The Morgan fingerprint density at radius 2 is 1.70 bits per heavy atom. The lowest BCUT2D eigenvalue weighted by molar-refractivity contribution is -0.160. The first kappa shape index (κ1) is 22.2. The minimum absolute atomic E-state index is 0.169. The van der Waals surface area contributed by atoms with Crippen LogP contribution in [0.25, 0.3) is 0 Å². The van der Waals surface area contributed by atoms with Crippen LogP contribution in [0.2, 0.25) is 0 Å². The number of hydrogen-bond donors (Lipinski definition) is 1. The molecule has 0 unspecified atom stereocenters. The molecule has 1 aliphatic heterocycles. The van der Waals surface area contributed by atoms with E-state index in [4.69, 9.17) is 4.74 Å². The van der Waals surface area contributed by atoms with Crippen molar-refractivity contribution in [2.45, 2.75) is 58.0 Å². The van der Waals surface area contributed by atoms with Gasteiger partial charge in [0, 0.05) is 25.2 Å². The number of nitrogens with zero attached hydrogens (tertiary/aromatic N) is 1. The van der Waals surface area contributed by atoms with E-state index in [1.165, 1.54) is 43.5 Å². The summed E-state index contributed by atoms with van der Waals surface area (Å²) in [5, 5.41) is 2.91. The number of esters is 1. The van der Waals surface area contributed by atoms with Crippen LogP contribution in [-0.4, -0.2) is 48.4 Å². The number of ether oxygens (including phenoxy) is 1. The van der Waals surface area contributed by atoms with Crippen LogP contribution < -0.4 is 5.32 Å². The number of likely N-dealkylation sites (tertiary alicyclic amines) is 1. The second-order valence-electron chi connectivity index (χ2n) is 8.40. The van der Waals surface area contributed by atoms with E-state index in [-0.39, 0.29) is 29.5 Å². The lowest BCUT2D eigenvalue weighted by Crippen LogP contribution is -2.43. The predicted octanol–water partition coefficient (Wildman–Crippen LogP) is 3.31. The molecule has 7 heteroatoms. The van der Waals surface area contributed by atoms with Crippen molar-refractivity contribution < 1.29 is 23.5 Å². The Kier molecular flexibility index (Phi) is 7.82. The van der Waals surface area contributed by atoms with Gasteiger partial charge in [-0.2, -0.15) is 0 Å². The number of amides is 2. The molecule has 1 heterocycles. The second kappa shape index (κ2) is 10.5. The van der Waals surface area contributed by atoms with Gasteiger partial charge in [0.2, 0.25) is 0 Å². The molecular formula is C23H31FN2O4. The molecule has 1 N–H and O–H groups in total. The Hall–Kier alpha value is -2.44. The van der Waals surface area contributed by atoms with Crippen LogP contribution in [0, 0.1) is 17.7 Å². The third-order valence-electron chi connectivity index (χ3n) is 6.16. The Balaban J connectivity index is 1.40. The highest BCUT2D eigenvalue weighted by Gasteiger charge is 2.31. The summed E-state index contributed by atoms with van der Waals surface area (Å²) in [7, 11) is 0. The number of nitrogens with one attached hydrogen (secondary N) is 1. The number of halogens is 1. The molecule has 1 atom stereocenters. The fourth-order valence-electron chi connectivity index (χ4n) is 4.20. The first-order chi connectivity index (χ1) is 14.4. The summed E-state index contributed by atoms with van der Waals surface area (Å²) in [6.07, 6.45) is 6.14. The van der Waals surface area contributed by atoms with Crippen molar-refractivity contribution >= 4 is 17.8 Å². The summed E-state index contributed by atoms with van der Waals surface area (Å²) >= 11 is 0. The number of carbonyl (C=O) groups excluding carboxylic acids is 3. The molecule has 6 nitrogen and oxygen atoms in total. The van der Waals surface area contributed by atoms with Gasteiger partial charge in [0.1, 0.15) is 5.82 Å². The molecular weight excluding hydrogens is 387 g/mol. The Morgan fingerprint density at radius 3 is 2.33 bits per heavy atom. The molecule has 0 radical (unpaired) electrons. The maximum Gasteiger partial charge on any atom is 0.309 e. The van der Waals surface area contributed by atoms with Gasteiger partial charge in [0.05, 0.1) is 5.92 Å². The number of rotatable bonds is 6. The molecule has 3 rings (SSSR count). The van der Waals surface area contributed by atoms with Gasteiger partial charge in [-0.1, -0.05) is 19.3 Å². The Labute approximate surface area is 177 Å². The van der Waals surface area contributed by atoms with Gasteiger partial charge < -0.3 is 15.0 Å². The average Bonchev–Trinajstić information content (AvgIpc) is 2.78. The molecule has 1 aliphatic carbocycles. The first-order valence-corrected chi connectivity index (χ1v) is 11.0. The third-order valence-corrected chi connectivity index (χ3v) is 6.16. The van der Waals surface area contributed by atoms with E-state index in [1.54, 1.807) is 11.8 Å². The van der Waals surface area contributed by atoms with Gasteiger partial charge in [0.25, 0.3) is 11.8 Å². The Morgan fingerprint density at radius 1 is 1.07 bits per heavy atom. The predicted molar refractivity (Wildman–Crippen MR) is 110 cm³/mol. The van der Waals surface area contributed by atoms with Crippen LogP contribution in [0.3, 0.4) is 0 Å². The fraction of sp³-hybridized carbons (Fsp3) is 0.609. The van der Waals surface area contributed by atoms with E-state index >= 15 is 0 Å². The van der Waals surface area contributed by atoms with E-state index in [9.17, 15) is 18.8 Å². The lowest BCUT2D eigenvalue weighted by Gasteiger charge is -2.31. The summed E-state index contributed by atoms with van der Waals surface area (Å²) in [6.45, 7) is 3.10. The zero-order chi connectivity index (χ0) is 21.5. The topological polar surface area (TPSA) is 75.7 Å². The summed E-state index contributed by atoms with van der Waals surface area (Å²) in [4.78, 5) is 38.9. The largest absolute Gasteiger partial charge is 0.452 e. The fourth-order valence-corrected chi connectivity index (χ4v) is 4.20. The molecule has 2 amide bonds. The van der Waals surface area contributed by atoms with E-state index in [0.717, 1.165) is 12.8 Å². The molecule has 1 saturated heterocycles. The van der Waals surface area contributed by atoms with Crippen molar-refractivity contribution in [3.63, 3.8) is 0 Å². The molecule has 1 aromatic rings. The van der Waals surface area contributed by atoms with Crippen molar-refractivity contribution in [3.8, 4) is 0 Å². The summed E-state index contributed by atoms with van der Waals surface area (Å²) < 4.78 is 18.4. The van der Waals surface area contributed by atoms with Gasteiger partial charge in [-0.25, -0.2) is 4.39 Å². The van der Waals surface area contributed by atoms with E-state index in [0.29, 0.717) is 44.0 Å². The highest BCUT2D eigenvalue weighted by Crippen LogP contribution is 2.23. The number of piperidine rings is 1. The molecule has 1 aromatic carbocycles. The van der Waals surface area contributed by atoms with Gasteiger partial charge >= 0.3 is 5.97 Å². The van der Waals surface area contributed by atoms with Crippen molar-refractivity contribution in [2.24, 2.45) is 11.8 Å². The molecule has 164 valence electrons. The van der Waals surface area contributed by atoms with Crippen LogP contribution >= 0.6 is 0 Å². The third kappa shape index (κ3) is 6.03. The number of hydrogen-bond acceptors (Lipinski definition) is 4. The summed E-state index contributed by atoms with van der Waals surface area (Å²) in [5.41, 5.74) is 0.431. The maximum absolute atomic E-state index is 13.0.